The standard InChI is InChI=1S/C30H26NO3PS/c1-34-30(33)27(29(36-2)31-28(32)23-15-7-3-8-16-23)35(24-17-9-4-10-18-24,25-19-11-5-12-20-25)26-21-13-6-14-22-26/h3-22H,1-2H3. The number of rotatable bonds is 6. The van der Waals surface area contributed by atoms with Crippen LogP contribution in [-0.4, -0.2) is 35.6 Å². The van der Waals surface area contributed by atoms with E-state index in [1.165, 1.54) is 18.9 Å². The van der Waals surface area contributed by atoms with Gasteiger partial charge in [0.1, 0.15) is 10.3 Å². The van der Waals surface area contributed by atoms with Crippen LogP contribution in [0.25, 0.3) is 0 Å². The molecule has 0 spiro atoms. The summed E-state index contributed by atoms with van der Waals surface area (Å²) >= 11 is 1.27. The fourth-order valence-electron chi connectivity index (χ4n) is 4.19. The second kappa shape index (κ2) is 11.9. The zero-order valence-corrected chi connectivity index (χ0v) is 21.8. The Bertz CT molecular complexity index is 1320. The molecule has 4 aromatic rings. The molecule has 0 saturated heterocycles. The summed E-state index contributed by atoms with van der Waals surface area (Å²) in [7, 11) is 1.37. The molecule has 0 radical (unpaired) electrons. The number of nitrogens with zero attached hydrogens (tertiary/aromatic N) is 1. The predicted octanol–water partition coefficient (Wildman–Crippen LogP) is 4.93. The first-order chi connectivity index (χ1) is 17.6. The smallest absolute Gasteiger partial charge is 0.341 e. The van der Waals surface area contributed by atoms with Crippen molar-refractivity contribution in [1.82, 2.24) is 0 Å². The van der Waals surface area contributed by atoms with Gasteiger partial charge in [0, 0.05) is 5.56 Å². The van der Waals surface area contributed by atoms with Crippen molar-refractivity contribution in [3.8, 4) is 0 Å². The molecule has 1 amide bonds. The molecule has 4 rings (SSSR count). The minimum Gasteiger partial charge on any atom is -0.465 e. The molecule has 180 valence electrons. The molecule has 4 nitrogen and oxygen atoms in total. The van der Waals surface area contributed by atoms with Gasteiger partial charge in [-0.05, 0) is 41.2 Å². The Balaban J connectivity index is 2.21. The van der Waals surface area contributed by atoms with E-state index < -0.39 is 18.8 Å². The number of hydrogen-bond donors (Lipinski definition) is 0. The molecule has 0 aliphatic heterocycles. The third kappa shape index (κ3) is 4.99. The summed E-state index contributed by atoms with van der Waals surface area (Å²) in [5, 5.41) is 3.65. The molecule has 0 N–H and O–H groups in total. The quantitative estimate of drug-likeness (QED) is 0.160. The van der Waals surface area contributed by atoms with Gasteiger partial charge in [0.25, 0.3) is 5.91 Å². The van der Waals surface area contributed by atoms with Crippen molar-refractivity contribution in [1.29, 1.82) is 0 Å². The van der Waals surface area contributed by atoms with E-state index in [1.807, 2.05) is 103 Å². The molecule has 6 heteroatoms. The van der Waals surface area contributed by atoms with E-state index in [4.69, 9.17) is 4.74 Å². The maximum atomic E-state index is 13.8. The summed E-state index contributed by atoms with van der Waals surface area (Å²) in [4.78, 5) is 31.5. The Morgan fingerprint density at radius 3 is 1.42 bits per heavy atom. The van der Waals surface area contributed by atoms with Gasteiger partial charge < -0.3 is 4.74 Å². The molecule has 0 saturated carbocycles. The Hall–Kier alpha value is -3.66. The van der Waals surface area contributed by atoms with Crippen LogP contribution in [0.15, 0.2) is 126 Å². The number of carbonyl (C=O) groups is 2. The molecular weight excluding hydrogens is 485 g/mol. The lowest BCUT2D eigenvalue weighted by Crippen LogP contribution is -2.37. The highest BCUT2D eigenvalue weighted by Crippen LogP contribution is 2.47. The van der Waals surface area contributed by atoms with Crippen LogP contribution in [0, 0.1) is 0 Å². The lowest BCUT2D eigenvalue weighted by Gasteiger charge is -2.32. The van der Waals surface area contributed by atoms with E-state index in [0.29, 0.717) is 15.9 Å². The largest absolute Gasteiger partial charge is 0.465 e. The average molecular weight is 512 g/mol. The maximum absolute atomic E-state index is 13.8. The van der Waals surface area contributed by atoms with Crippen LogP contribution in [0.2, 0.25) is 0 Å². The van der Waals surface area contributed by atoms with E-state index in [1.54, 1.807) is 24.3 Å². The molecule has 0 bridgehead atoms. The van der Waals surface area contributed by atoms with Crippen LogP contribution in [0.5, 0.6) is 0 Å². The summed E-state index contributed by atoms with van der Waals surface area (Å²) in [6, 6.07) is 38.7. The fraction of sp³-hybridized carbons (Fsp3) is 0.0667. The number of hydrogen-bond acceptors (Lipinski definition) is 4. The van der Waals surface area contributed by atoms with Crippen molar-refractivity contribution >= 4 is 56.8 Å². The van der Waals surface area contributed by atoms with Gasteiger partial charge in [0.15, 0.2) is 0 Å². The van der Waals surface area contributed by atoms with Crippen LogP contribution in [-0.2, 0) is 9.53 Å². The van der Waals surface area contributed by atoms with Gasteiger partial charge >= 0.3 is 5.97 Å². The molecule has 0 unspecified atom stereocenters. The molecule has 0 aliphatic carbocycles. The van der Waals surface area contributed by atoms with Gasteiger partial charge in [0.2, 0.25) is 0 Å². The fourth-order valence-corrected chi connectivity index (χ4v) is 9.55. The highest BCUT2D eigenvalue weighted by molar-refractivity contribution is 8.18. The monoisotopic (exact) mass is 511 g/mol. The third-order valence-corrected chi connectivity index (χ3v) is 10.9. The van der Waals surface area contributed by atoms with E-state index in [2.05, 4.69) is 4.99 Å². The zero-order chi connectivity index (χ0) is 25.4. The van der Waals surface area contributed by atoms with Crippen LogP contribution >= 0.6 is 18.6 Å². The molecule has 0 heterocycles. The van der Waals surface area contributed by atoms with E-state index in [0.717, 1.165) is 15.9 Å². The summed E-state index contributed by atoms with van der Waals surface area (Å²) in [6.07, 6.45) is 1.83. The van der Waals surface area contributed by atoms with E-state index in [-0.39, 0.29) is 0 Å². The van der Waals surface area contributed by atoms with Gasteiger partial charge in [-0.25, -0.2) is 9.79 Å². The number of aliphatic imine (C=N–C) groups is 1. The Labute approximate surface area is 216 Å². The lowest BCUT2D eigenvalue weighted by atomic mass is 10.2. The van der Waals surface area contributed by atoms with Crippen molar-refractivity contribution in [3.63, 3.8) is 0 Å². The van der Waals surface area contributed by atoms with Crippen LogP contribution < -0.4 is 15.9 Å². The first kappa shape index (κ1) is 25.4. The van der Waals surface area contributed by atoms with E-state index in [9.17, 15) is 9.59 Å². The molecule has 36 heavy (non-hydrogen) atoms. The van der Waals surface area contributed by atoms with Gasteiger partial charge in [-0.3, -0.25) is 4.79 Å². The van der Waals surface area contributed by atoms with Gasteiger partial charge in [-0.15, -0.1) is 11.8 Å². The number of methoxy groups -OCH3 is 1. The second-order valence-electron chi connectivity index (χ2n) is 7.81. The molecule has 4 aromatic carbocycles. The zero-order valence-electron chi connectivity index (χ0n) is 20.1. The topological polar surface area (TPSA) is 55.7 Å². The first-order valence-electron chi connectivity index (χ1n) is 11.4. The molecule has 0 fully saturated rings. The molecular formula is C30H26NO3PS. The lowest BCUT2D eigenvalue weighted by molar-refractivity contribution is -0.132. The van der Waals surface area contributed by atoms with Crippen molar-refractivity contribution in [2.75, 3.05) is 13.4 Å². The third-order valence-electron chi connectivity index (χ3n) is 5.76. The molecule has 0 aliphatic rings. The van der Waals surface area contributed by atoms with Gasteiger partial charge in [-0.2, -0.15) is 0 Å². The van der Waals surface area contributed by atoms with Crippen LogP contribution in [0.1, 0.15) is 10.4 Å². The van der Waals surface area contributed by atoms with Crippen molar-refractivity contribution in [2.24, 2.45) is 4.99 Å². The molecule has 0 atom stereocenters. The summed E-state index contributed by atoms with van der Waals surface area (Å²) in [5.74, 6) is -0.914. The Morgan fingerprint density at radius 1 is 0.667 bits per heavy atom. The second-order valence-corrected chi connectivity index (χ2v) is 11.9. The first-order valence-corrected chi connectivity index (χ1v) is 14.4. The minimum atomic E-state index is -2.82. The SMILES string of the molecule is COC(=O)C(C(=NC(=O)c1ccccc1)SC)=P(c1ccccc1)(c1ccccc1)c1ccccc1. The number of esters is 1. The number of carbonyl (C=O) groups excluding carboxylic acids is 2. The van der Waals surface area contributed by atoms with E-state index >= 15 is 0 Å². The van der Waals surface area contributed by atoms with Crippen molar-refractivity contribution in [2.45, 2.75) is 0 Å². The van der Waals surface area contributed by atoms with Crippen LogP contribution in [0.3, 0.4) is 0 Å². The number of ether oxygens (including phenoxy) is 1. The summed E-state index contributed by atoms with van der Waals surface area (Å²) < 4.78 is 5.40. The van der Waals surface area contributed by atoms with Gasteiger partial charge in [-0.1, -0.05) is 109 Å². The van der Waals surface area contributed by atoms with Crippen molar-refractivity contribution in [3.05, 3.63) is 127 Å². The highest BCUT2D eigenvalue weighted by Gasteiger charge is 2.36. The van der Waals surface area contributed by atoms with Gasteiger partial charge in [0.05, 0.1) is 7.11 Å². The number of thioether (sulfide) groups is 1. The summed E-state index contributed by atoms with van der Waals surface area (Å²) in [5.41, 5.74) is 0.455. The Kier molecular flexibility index (Phi) is 8.37. The average Bonchev–Trinajstić information content (AvgIpc) is 2.96. The Morgan fingerprint density at radius 2 is 1.06 bits per heavy atom. The predicted molar refractivity (Wildman–Crippen MR) is 154 cm³/mol. The minimum absolute atomic E-state index is 0.348. The number of benzene rings is 4. The van der Waals surface area contributed by atoms with Crippen molar-refractivity contribution < 1.29 is 14.3 Å². The maximum Gasteiger partial charge on any atom is 0.341 e. The highest BCUT2D eigenvalue weighted by atomic mass is 32.2. The normalized spacial score (nSPS) is 11.6. The molecule has 0 aromatic heterocycles. The summed E-state index contributed by atoms with van der Waals surface area (Å²) in [6.45, 7) is -2.82. The number of amides is 1. The van der Waals surface area contributed by atoms with Crippen LogP contribution in [0.4, 0.5) is 0 Å².